The van der Waals surface area contributed by atoms with E-state index in [-0.39, 0.29) is 11.3 Å². The number of nitrogens with zero attached hydrogens (tertiary/aromatic N) is 1. The van der Waals surface area contributed by atoms with Gasteiger partial charge < -0.3 is 15.6 Å². The first-order chi connectivity index (χ1) is 10.6. The highest BCUT2D eigenvalue weighted by atomic mass is 16.5. The Hall–Kier alpha value is -3.08. The van der Waals surface area contributed by atoms with Crippen LogP contribution in [0.5, 0.6) is 11.5 Å². The van der Waals surface area contributed by atoms with Crippen LogP contribution in [0.1, 0.15) is 16.1 Å². The predicted molar refractivity (Wildman–Crippen MR) is 82.7 cm³/mol. The minimum absolute atomic E-state index is 0.0920. The first-order valence-electron chi connectivity index (χ1n) is 6.73. The van der Waals surface area contributed by atoms with E-state index in [4.69, 9.17) is 10.5 Å². The third kappa shape index (κ3) is 2.69. The number of pyridine rings is 1. The number of hydrogen-bond acceptors (Lipinski definition) is 4. The number of primary amides is 1. The molecule has 5 nitrogen and oxygen atoms in total. The molecule has 0 spiro atoms. The number of phenols is 1. The van der Waals surface area contributed by atoms with Gasteiger partial charge in [-0.3, -0.25) is 9.78 Å². The van der Waals surface area contributed by atoms with Gasteiger partial charge in [0.15, 0.2) is 0 Å². The number of benzene rings is 2. The van der Waals surface area contributed by atoms with Gasteiger partial charge >= 0.3 is 0 Å². The van der Waals surface area contributed by atoms with Gasteiger partial charge in [-0.1, -0.05) is 18.2 Å². The summed E-state index contributed by atoms with van der Waals surface area (Å²) in [6.45, 7) is 0.318. The lowest BCUT2D eigenvalue weighted by Gasteiger charge is -2.10. The van der Waals surface area contributed by atoms with Crippen LogP contribution in [0.25, 0.3) is 10.8 Å². The van der Waals surface area contributed by atoms with Crippen LogP contribution >= 0.6 is 0 Å². The number of hydrogen-bond donors (Lipinski definition) is 2. The summed E-state index contributed by atoms with van der Waals surface area (Å²) in [5.41, 5.74) is 6.14. The van der Waals surface area contributed by atoms with E-state index in [1.807, 2.05) is 30.3 Å². The van der Waals surface area contributed by atoms with E-state index in [2.05, 4.69) is 4.98 Å². The highest BCUT2D eigenvalue weighted by molar-refractivity contribution is 6.01. The smallest absolute Gasteiger partial charge is 0.252 e. The molecule has 0 bridgehead atoms. The van der Waals surface area contributed by atoms with E-state index < -0.39 is 5.91 Å². The van der Waals surface area contributed by atoms with E-state index in [0.29, 0.717) is 17.7 Å². The van der Waals surface area contributed by atoms with Crippen molar-refractivity contribution in [2.24, 2.45) is 5.73 Å². The van der Waals surface area contributed by atoms with E-state index in [9.17, 15) is 9.90 Å². The molecule has 0 unspecified atom stereocenters. The molecule has 22 heavy (non-hydrogen) atoms. The highest BCUT2D eigenvalue weighted by Crippen LogP contribution is 2.31. The predicted octanol–water partition coefficient (Wildman–Crippen LogP) is 2.62. The van der Waals surface area contributed by atoms with Gasteiger partial charge in [-0.2, -0.15) is 0 Å². The second kappa shape index (κ2) is 5.73. The Balaban J connectivity index is 1.96. The van der Waals surface area contributed by atoms with Crippen molar-refractivity contribution < 1.29 is 14.6 Å². The van der Waals surface area contributed by atoms with Gasteiger partial charge in [0.2, 0.25) is 0 Å². The van der Waals surface area contributed by atoms with E-state index in [1.54, 1.807) is 18.3 Å². The molecule has 5 heteroatoms. The Kier molecular flexibility index (Phi) is 3.62. The summed E-state index contributed by atoms with van der Waals surface area (Å²) < 4.78 is 5.77. The van der Waals surface area contributed by atoms with Crippen molar-refractivity contribution in [3.8, 4) is 11.5 Å². The number of nitrogens with two attached hydrogens (primary N) is 1. The van der Waals surface area contributed by atoms with Gasteiger partial charge in [0, 0.05) is 11.6 Å². The van der Waals surface area contributed by atoms with E-state index in [1.165, 1.54) is 6.07 Å². The summed E-state index contributed by atoms with van der Waals surface area (Å²) in [5, 5.41) is 11.4. The maximum absolute atomic E-state index is 11.3. The zero-order valence-electron chi connectivity index (χ0n) is 11.7. The van der Waals surface area contributed by atoms with Crippen LogP contribution in [0.3, 0.4) is 0 Å². The second-order valence-electron chi connectivity index (χ2n) is 4.82. The topological polar surface area (TPSA) is 85.4 Å². The number of aromatic hydroxyl groups is 1. The van der Waals surface area contributed by atoms with Crippen molar-refractivity contribution in [1.29, 1.82) is 0 Å². The fourth-order valence-electron chi connectivity index (χ4n) is 2.24. The van der Waals surface area contributed by atoms with Gasteiger partial charge in [0.05, 0.1) is 11.3 Å². The summed E-state index contributed by atoms with van der Waals surface area (Å²) in [5.74, 6) is -0.220. The average molecular weight is 294 g/mol. The van der Waals surface area contributed by atoms with Crippen molar-refractivity contribution >= 4 is 16.7 Å². The van der Waals surface area contributed by atoms with Gasteiger partial charge in [-0.25, -0.2) is 0 Å². The summed E-state index contributed by atoms with van der Waals surface area (Å²) >= 11 is 0. The van der Waals surface area contributed by atoms with Crippen LogP contribution in [-0.4, -0.2) is 16.0 Å². The monoisotopic (exact) mass is 294 g/mol. The van der Waals surface area contributed by atoms with Crippen molar-refractivity contribution in [3.05, 3.63) is 66.0 Å². The molecule has 1 aromatic heterocycles. The van der Waals surface area contributed by atoms with Crippen molar-refractivity contribution in [1.82, 2.24) is 4.98 Å². The first kappa shape index (κ1) is 13.9. The van der Waals surface area contributed by atoms with Crippen LogP contribution in [-0.2, 0) is 6.61 Å². The molecule has 3 aromatic rings. The highest BCUT2D eigenvalue weighted by Gasteiger charge is 2.11. The number of aromatic nitrogens is 1. The molecule has 1 amide bonds. The lowest BCUT2D eigenvalue weighted by Crippen LogP contribution is -2.11. The number of amides is 1. The van der Waals surface area contributed by atoms with E-state index in [0.717, 1.165) is 11.1 Å². The molecule has 110 valence electrons. The third-order valence-corrected chi connectivity index (χ3v) is 3.32. The lowest BCUT2D eigenvalue weighted by atomic mass is 10.0. The maximum Gasteiger partial charge on any atom is 0.252 e. The van der Waals surface area contributed by atoms with Gasteiger partial charge in [-0.15, -0.1) is 0 Å². The van der Waals surface area contributed by atoms with Crippen molar-refractivity contribution in [2.45, 2.75) is 6.61 Å². The Morgan fingerprint density at radius 1 is 1.18 bits per heavy atom. The number of rotatable bonds is 4. The third-order valence-electron chi connectivity index (χ3n) is 3.32. The molecule has 3 N–H and O–H groups in total. The zero-order valence-corrected chi connectivity index (χ0v) is 11.7. The van der Waals surface area contributed by atoms with Crippen LogP contribution < -0.4 is 10.5 Å². The van der Waals surface area contributed by atoms with Crippen molar-refractivity contribution in [3.63, 3.8) is 0 Å². The maximum atomic E-state index is 11.3. The molecule has 0 radical (unpaired) electrons. The van der Waals surface area contributed by atoms with E-state index >= 15 is 0 Å². The second-order valence-corrected chi connectivity index (χ2v) is 4.82. The molecule has 2 aromatic carbocycles. The summed E-state index contributed by atoms with van der Waals surface area (Å²) in [7, 11) is 0. The molecular weight excluding hydrogens is 280 g/mol. The minimum atomic E-state index is -0.667. The first-order valence-corrected chi connectivity index (χ1v) is 6.73. The zero-order chi connectivity index (χ0) is 15.5. The Morgan fingerprint density at radius 3 is 2.77 bits per heavy atom. The van der Waals surface area contributed by atoms with Crippen molar-refractivity contribution in [2.75, 3.05) is 0 Å². The fourth-order valence-corrected chi connectivity index (χ4v) is 2.24. The van der Waals surface area contributed by atoms with Crippen LogP contribution in [0.15, 0.2) is 54.7 Å². The largest absolute Gasteiger partial charge is 0.507 e. The number of carbonyl (C=O) groups is 1. The molecule has 0 aliphatic carbocycles. The standard InChI is InChI=1S/C17H14N2O3/c18-17(21)14-8-11-4-3-6-16(13(11)9-15(14)20)22-10-12-5-1-2-7-19-12/h1-9,20H,10H2,(H2,18,21). The molecule has 0 fully saturated rings. The Morgan fingerprint density at radius 2 is 2.05 bits per heavy atom. The summed E-state index contributed by atoms with van der Waals surface area (Å²) in [6.07, 6.45) is 1.70. The minimum Gasteiger partial charge on any atom is -0.507 e. The van der Waals surface area contributed by atoms with Crippen LogP contribution in [0, 0.1) is 0 Å². The molecule has 1 heterocycles. The number of fused-ring (bicyclic) bond motifs is 1. The average Bonchev–Trinajstić information content (AvgIpc) is 2.53. The fraction of sp³-hybridized carbons (Fsp3) is 0.0588. The van der Waals surface area contributed by atoms with Gasteiger partial charge in [0.25, 0.3) is 5.91 Å². The molecule has 0 saturated heterocycles. The number of ether oxygens (including phenoxy) is 1. The van der Waals surface area contributed by atoms with Crippen LogP contribution in [0.2, 0.25) is 0 Å². The van der Waals surface area contributed by atoms with Gasteiger partial charge in [-0.05, 0) is 35.7 Å². The lowest BCUT2D eigenvalue weighted by molar-refractivity contribution is 0.0998. The normalized spacial score (nSPS) is 10.5. The molecule has 3 rings (SSSR count). The van der Waals surface area contributed by atoms with Crippen LogP contribution in [0.4, 0.5) is 0 Å². The molecule has 0 saturated carbocycles. The summed E-state index contributed by atoms with van der Waals surface area (Å²) in [4.78, 5) is 15.5. The Bertz CT molecular complexity index is 832. The molecule has 0 aliphatic heterocycles. The number of carbonyl (C=O) groups excluding carboxylic acids is 1. The Labute approximate surface area is 127 Å². The SMILES string of the molecule is NC(=O)c1cc2cccc(OCc3ccccn3)c2cc1O. The molecule has 0 atom stereocenters. The molecular formula is C17H14N2O3. The quantitative estimate of drug-likeness (QED) is 0.774. The summed E-state index contributed by atoms with van der Waals surface area (Å²) in [6, 6.07) is 14.1. The molecule has 0 aliphatic rings. The van der Waals surface area contributed by atoms with Gasteiger partial charge in [0.1, 0.15) is 18.1 Å².